The molecule has 0 unspecified atom stereocenters. The summed E-state index contributed by atoms with van der Waals surface area (Å²) in [4.78, 5) is 33.5. The van der Waals surface area contributed by atoms with Gasteiger partial charge in [0.15, 0.2) is 0 Å². The van der Waals surface area contributed by atoms with Gasteiger partial charge >= 0.3 is 0 Å². The molecule has 0 aliphatic heterocycles. The van der Waals surface area contributed by atoms with Crippen molar-refractivity contribution in [1.82, 2.24) is 9.38 Å². The first-order chi connectivity index (χ1) is 19.3. The van der Waals surface area contributed by atoms with Crippen LogP contribution in [0.5, 0.6) is 0 Å². The van der Waals surface area contributed by atoms with E-state index in [9.17, 15) is 9.59 Å². The van der Waals surface area contributed by atoms with E-state index < -0.39 is 11.7 Å². The number of hydrogen-bond donors (Lipinski definition) is 1. The van der Waals surface area contributed by atoms with E-state index in [0.717, 1.165) is 53.2 Å². The van der Waals surface area contributed by atoms with E-state index in [1.807, 2.05) is 97.1 Å². The monoisotopic (exact) mass is 530 g/mol. The van der Waals surface area contributed by atoms with Gasteiger partial charge in [-0.25, -0.2) is 4.98 Å². The highest BCUT2D eigenvalue weighted by atomic mass is 16.2. The molecule has 0 aliphatic rings. The van der Waals surface area contributed by atoms with Crippen molar-refractivity contribution in [2.45, 2.75) is 33.6 Å². The third-order valence-corrected chi connectivity index (χ3v) is 7.14. The lowest BCUT2D eigenvalue weighted by atomic mass is 10.0. The number of hydrogen-bond acceptors (Lipinski definition) is 4. The number of nitrogens with zero attached hydrogens (tertiary/aromatic N) is 3. The molecule has 0 saturated heterocycles. The van der Waals surface area contributed by atoms with Crippen molar-refractivity contribution in [2.24, 2.45) is 0 Å². The van der Waals surface area contributed by atoms with Crippen LogP contribution in [0, 0.1) is 20.8 Å². The molecular weight excluding hydrogens is 496 g/mol. The number of carbonyl (C=O) groups is 2. The highest BCUT2D eigenvalue weighted by Gasteiger charge is 2.25. The minimum Gasteiger partial charge on any atom is -0.360 e. The third-order valence-electron chi connectivity index (χ3n) is 7.14. The first-order valence-corrected chi connectivity index (χ1v) is 13.6. The predicted octanol–water partition coefficient (Wildman–Crippen LogP) is 6.82. The number of fused-ring (bicyclic) bond motifs is 1. The lowest BCUT2D eigenvalue weighted by Crippen LogP contribution is -2.25. The summed E-state index contributed by atoms with van der Waals surface area (Å²) in [6, 6.07) is 29.4. The van der Waals surface area contributed by atoms with Gasteiger partial charge in [-0.05, 0) is 92.8 Å². The Kier molecular flexibility index (Phi) is 7.78. The van der Waals surface area contributed by atoms with Crippen LogP contribution in [0.2, 0.25) is 0 Å². The van der Waals surface area contributed by atoms with Crippen molar-refractivity contribution < 1.29 is 9.59 Å². The summed E-state index contributed by atoms with van der Waals surface area (Å²) in [6.45, 7) is 6.93. The molecular formula is C34H34N4O2. The van der Waals surface area contributed by atoms with E-state index in [1.165, 1.54) is 11.1 Å². The molecule has 0 spiro atoms. The summed E-state index contributed by atoms with van der Waals surface area (Å²) in [5.74, 6) is -0.238. The van der Waals surface area contributed by atoms with Gasteiger partial charge < -0.3 is 14.6 Å². The van der Waals surface area contributed by atoms with Crippen LogP contribution in [-0.2, 0) is 11.2 Å². The Morgan fingerprint density at radius 2 is 1.62 bits per heavy atom. The molecule has 5 aromatic rings. The van der Waals surface area contributed by atoms with E-state index >= 15 is 0 Å². The first-order valence-electron chi connectivity index (χ1n) is 13.6. The lowest BCUT2D eigenvalue weighted by Gasteiger charge is -2.19. The van der Waals surface area contributed by atoms with Gasteiger partial charge in [0.2, 0.25) is 0 Å². The summed E-state index contributed by atoms with van der Waals surface area (Å²) in [6.07, 6.45) is 1.87. The third kappa shape index (κ3) is 5.81. The van der Waals surface area contributed by atoms with Crippen LogP contribution in [0.1, 0.15) is 39.4 Å². The maximum absolute atomic E-state index is 13.6. The van der Waals surface area contributed by atoms with E-state index in [-0.39, 0.29) is 0 Å². The van der Waals surface area contributed by atoms with Gasteiger partial charge in [-0.2, -0.15) is 0 Å². The Bertz CT molecular complexity index is 1650. The summed E-state index contributed by atoms with van der Waals surface area (Å²) in [5, 5.41) is 2.81. The van der Waals surface area contributed by atoms with Gasteiger partial charge in [-0.3, -0.25) is 9.59 Å². The summed E-state index contributed by atoms with van der Waals surface area (Å²) >= 11 is 0. The summed E-state index contributed by atoms with van der Waals surface area (Å²) in [5.41, 5.74) is 7.77. The highest BCUT2D eigenvalue weighted by Crippen LogP contribution is 2.29. The minimum atomic E-state index is -0.657. The van der Waals surface area contributed by atoms with Crippen LogP contribution in [0.3, 0.4) is 0 Å². The Hall–Kier alpha value is -4.71. The molecule has 0 fully saturated rings. The Labute approximate surface area is 235 Å². The topological polar surface area (TPSA) is 66.7 Å². The number of aromatic nitrogens is 2. The summed E-state index contributed by atoms with van der Waals surface area (Å²) < 4.78 is 1.86. The SMILES string of the molecule is Cc1cc(C)nc(N(C)CCCc2ccc(NC(=O)C(=O)c3c(-c4ccccc4)cc4cccc(C)n34)cc2)c1. The van der Waals surface area contributed by atoms with Gasteiger partial charge in [0.1, 0.15) is 11.5 Å². The standard InChI is InChI=1S/C34H34N4O2/c1-23-20-24(2)35-31(21-23)37(4)19-9-11-26-15-17-28(18-16-26)36-34(40)33(39)32-30(27-12-6-5-7-13-27)22-29-14-8-10-25(3)38(29)32/h5-8,10,12-18,20-22H,9,11,19H2,1-4H3,(H,36,40). The van der Waals surface area contributed by atoms with Gasteiger partial charge in [0, 0.05) is 41.7 Å². The zero-order valence-corrected chi connectivity index (χ0v) is 23.4. The van der Waals surface area contributed by atoms with Crippen molar-refractivity contribution >= 4 is 28.7 Å². The molecule has 6 nitrogen and oxygen atoms in total. The van der Waals surface area contributed by atoms with Gasteiger partial charge in [0.05, 0.1) is 0 Å². The van der Waals surface area contributed by atoms with Gasteiger partial charge in [-0.1, -0.05) is 48.5 Å². The smallest absolute Gasteiger partial charge is 0.298 e. The average Bonchev–Trinajstić information content (AvgIpc) is 3.34. The number of rotatable bonds is 9. The molecule has 3 heterocycles. The molecule has 0 aliphatic carbocycles. The zero-order valence-electron chi connectivity index (χ0n) is 23.4. The quantitative estimate of drug-likeness (QED) is 0.168. The van der Waals surface area contributed by atoms with Crippen molar-refractivity contribution in [2.75, 3.05) is 23.8 Å². The number of amides is 1. The Balaban J connectivity index is 1.26. The Morgan fingerprint density at radius 3 is 2.35 bits per heavy atom. The van der Waals surface area contributed by atoms with Crippen LogP contribution in [0.4, 0.5) is 11.5 Å². The number of carbonyl (C=O) groups excluding carboxylic acids is 2. The minimum absolute atomic E-state index is 0.371. The van der Waals surface area contributed by atoms with Crippen LogP contribution >= 0.6 is 0 Å². The molecule has 1 N–H and O–H groups in total. The fourth-order valence-corrected chi connectivity index (χ4v) is 5.16. The molecule has 202 valence electrons. The maximum atomic E-state index is 13.6. The number of pyridine rings is 2. The molecule has 0 bridgehead atoms. The molecule has 5 rings (SSSR count). The molecule has 1 amide bonds. The zero-order chi connectivity index (χ0) is 28.2. The first kappa shape index (κ1) is 26.9. The van der Waals surface area contributed by atoms with Crippen LogP contribution < -0.4 is 10.2 Å². The van der Waals surface area contributed by atoms with Crippen molar-refractivity contribution in [1.29, 1.82) is 0 Å². The van der Waals surface area contributed by atoms with Crippen molar-refractivity contribution in [3.8, 4) is 11.1 Å². The highest BCUT2D eigenvalue weighted by molar-refractivity contribution is 6.47. The molecule has 3 aromatic heterocycles. The predicted molar refractivity (Wildman–Crippen MR) is 162 cm³/mol. The number of Topliss-reactive ketones (excluding diaryl/α,β-unsaturated/α-hetero) is 1. The normalized spacial score (nSPS) is 11.0. The largest absolute Gasteiger partial charge is 0.360 e. The van der Waals surface area contributed by atoms with E-state index in [4.69, 9.17) is 0 Å². The number of anilines is 2. The molecule has 40 heavy (non-hydrogen) atoms. The Morgan fingerprint density at radius 1 is 0.875 bits per heavy atom. The van der Waals surface area contributed by atoms with E-state index in [1.54, 1.807) is 0 Å². The van der Waals surface area contributed by atoms with Crippen molar-refractivity contribution in [3.63, 3.8) is 0 Å². The van der Waals surface area contributed by atoms with Gasteiger partial charge in [0.25, 0.3) is 11.7 Å². The fraction of sp³-hybridized carbons (Fsp3) is 0.206. The number of aryl methyl sites for hydroxylation is 4. The second-order valence-electron chi connectivity index (χ2n) is 10.3. The number of nitrogens with one attached hydrogen (secondary N) is 1. The van der Waals surface area contributed by atoms with Crippen LogP contribution in [-0.4, -0.2) is 34.7 Å². The van der Waals surface area contributed by atoms with E-state index in [0.29, 0.717) is 11.4 Å². The van der Waals surface area contributed by atoms with E-state index in [2.05, 4.69) is 41.3 Å². The van der Waals surface area contributed by atoms with Crippen molar-refractivity contribution in [3.05, 3.63) is 119 Å². The maximum Gasteiger partial charge on any atom is 0.298 e. The van der Waals surface area contributed by atoms with Crippen LogP contribution in [0.15, 0.2) is 91.0 Å². The average molecular weight is 531 g/mol. The second-order valence-corrected chi connectivity index (χ2v) is 10.3. The lowest BCUT2D eigenvalue weighted by molar-refractivity contribution is -0.112. The fourth-order valence-electron chi connectivity index (χ4n) is 5.16. The summed E-state index contributed by atoms with van der Waals surface area (Å²) in [7, 11) is 2.07. The molecule has 0 radical (unpaired) electrons. The molecule has 0 saturated carbocycles. The van der Waals surface area contributed by atoms with Gasteiger partial charge in [-0.15, -0.1) is 0 Å². The number of ketones is 1. The molecule has 0 atom stereocenters. The molecule has 2 aromatic carbocycles. The number of benzene rings is 2. The molecule has 6 heteroatoms. The second kappa shape index (κ2) is 11.6. The van der Waals surface area contributed by atoms with Crippen LogP contribution in [0.25, 0.3) is 16.6 Å².